The lowest BCUT2D eigenvalue weighted by Crippen LogP contribution is -2.24. The van der Waals surface area contributed by atoms with Crippen molar-refractivity contribution in [3.05, 3.63) is 83.9 Å². The van der Waals surface area contributed by atoms with Gasteiger partial charge in [0.15, 0.2) is 5.84 Å². The van der Waals surface area contributed by atoms with Crippen molar-refractivity contribution < 1.29 is 0 Å². The summed E-state index contributed by atoms with van der Waals surface area (Å²) in [6, 6.07) is 25.0. The van der Waals surface area contributed by atoms with Crippen LogP contribution in [0.25, 0.3) is 10.8 Å². The molecule has 0 radical (unpaired) electrons. The molecular weight excluding hydrogens is 328 g/mol. The van der Waals surface area contributed by atoms with E-state index in [1.54, 1.807) is 0 Å². The van der Waals surface area contributed by atoms with Crippen molar-refractivity contribution in [1.29, 1.82) is 0 Å². The Morgan fingerprint density at radius 3 is 2.36 bits per heavy atom. The van der Waals surface area contributed by atoms with Crippen LogP contribution < -0.4 is 0 Å². The first kappa shape index (κ1) is 16.0. The SMILES string of the molecule is CCC1C(Cl)=NC(c2ccccc2)=NC1c1ccc2ccccc2c1. The van der Waals surface area contributed by atoms with E-state index in [1.165, 1.54) is 16.3 Å². The topological polar surface area (TPSA) is 24.7 Å². The summed E-state index contributed by atoms with van der Waals surface area (Å²) >= 11 is 6.56. The number of hydrogen-bond donors (Lipinski definition) is 0. The quantitative estimate of drug-likeness (QED) is 0.555. The van der Waals surface area contributed by atoms with Gasteiger partial charge in [0, 0.05) is 11.5 Å². The second-order valence-electron chi connectivity index (χ2n) is 6.32. The molecular formula is C22H19ClN2. The van der Waals surface area contributed by atoms with Crippen LogP contribution in [0.2, 0.25) is 0 Å². The summed E-state index contributed by atoms with van der Waals surface area (Å²) in [4.78, 5) is 9.55. The van der Waals surface area contributed by atoms with Crippen LogP contribution in [-0.2, 0) is 0 Å². The molecule has 0 aromatic heterocycles. The number of amidine groups is 1. The van der Waals surface area contributed by atoms with Crippen molar-refractivity contribution in [2.75, 3.05) is 0 Å². The summed E-state index contributed by atoms with van der Waals surface area (Å²) in [6.45, 7) is 2.14. The molecule has 0 bridgehead atoms. The van der Waals surface area contributed by atoms with Gasteiger partial charge in [-0.25, -0.2) is 4.99 Å². The van der Waals surface area contributed by atoms with Crippen molar-refractivity contribution in [3.63, 3.8) is 0 Å². The Morgan fingerprint density at radius 2 is 1.60 bits per heavy atom. The summed E-state index contributed by atoms with van der Waals surface area (Å²) in [5, 5.41) is 3.11. The summed E-state index contributed by atoms with van der Waals surface area (Å²) in [6.07, 6.45) is 0.908. The van der Waals surface area contributed by atoms with Crippen LogP contribution >= 0.6 is 11.6 Å². The van der Waals surface area contributed by atoms with E-state index < -0.39 is 0 Å². The van der Waals surface area contributed by atoms with Crippen LogP contribution in [0.4, 0.5) is 0 Å². The summed E-state index contributed by atoms with van der Waals surface area (Å²) in [7, 11) is 0. The van der Waals surface area contributed by atoms with E-state index in [9.17, 15) is 0 Å². The van der Waals surface area contributed by atoms with Crippen LogP contribution in [0.1, 0.15) is 30.5 Å². The van der Waals surface area contributed by atoms with Gasteiger partial charge in [0.25, 0.3) is 0 Å². The predicted molar refractivity (Wildman–Crippen MR) is 107 cm³/mol. The van der Waals surface area contributed by atoms with E-state index in [2.05, 4.69) is 54.4 Å². The fourth-order valence-corrected chi connectivity index (χ4v) is 3.74. The lowest BCUT2D eigenvalue weighted by Gasteiger charge is -2.27. The van der Waals surface area contributed by atoms with Crippen molar-refractivity contribution >= 4 is 33.4 Å². The molecule has 2 unspecified atom stereocenters. The Kier molecular flexibility index (Phi) is 4.37. The standard InChI is InChI=1S/C22H19ClN2/c1-2-19-20(18-13-12-15-8-6-7-11-17(15)14-18)24-22(25-21(19)23)16-9-4-3-5-10-16/h3-14,19-20H,2H2,1H3. The Bertz CT molecular complexity index is 960. The molecule has 2 atom stereocenters. The Labute approximate surface area is 152 Å². The zero-order chi connectivity index (χ0) is 17.2. The average Bonchev–Trinajstić information content (AvgIpc) is 2.67. The van der Waals surface area contributed by atoms with Gasteiger partial charge in [0.05, 0.1) is 6.04 Å². The molecule has 3 heteroatoms. The molecule has 1 aliphatic rings. The second-order valence-corrected chi connectivity index (χ2v) is 6.71. The molecule has 1 heterocycles. The molecule has 4 rings (SSSR count). The average molecular weight is 347 g/mol. The number of benzene rings is 3. The molecule has 0 spiro atoms. The monoisotopic (exact) mass is 346 g/mol. The van der Waals surface area contributed by atoms with Crippen LogP contribution in [0.15, 0.2) is 82.8 Å². The fraction of sp³-hybridized carbons (Fsp3) is 0.182. The number of fused-ring (bicyclic) bond motifs is 1. The van der Waals surface area contributed by atoms with E-state index in [-0.39, 0.29) is 12.0 Å². The smallest absolute Gasteiger partial charge is 0.156 e. The Balaban J connectivity index is 1.81. The third kappa shape index (κ3) is 3.10. The van der Waals surface area contributed by atoms with Crippen molar-refractivity contribution in [1.82, 2.24) is 0 Å². The molecule has 0 saturated carbocycles. The molecule has 0 aliphatic carbocycles. The van der Waals surface area contributed by atoms with Gasteiger partial charge in [0.1, 0.15) is 5.17 Å². The molecule has 124 valence electrons. The zero-order valence-electron chi connectivity index (χ0n) is 14.1. The minimum atomic E-state index is -0.00480. The van der Waals surface area contributed by atoms with E-state index in [0.717, 1.165) is 12.0 Å². The zero-order valence-corrected chi connectivity index (χ0v) is 14.8. The van der Waals surface area contributed by atoms with Crippen molar-refractivity contribution in [2.45, 2.75) is 19.4 Å². The van der Waals surface area contributed by atoms with Crippen LogP contribution in [-0.4, -0.2) is 11.0 Å². The van der Waals surface area contributed by atoms with Crippen LogP contribution in [0.3, 0.4) is 0 Å². The van der Waals surface area contributed by atoms with Crippen LogP contribution in [0, 0.1) is 5.92 Å². The lowest BCUT2D eigenvalue weighted by molar-refractivity contribution is 0.538. The number of hydrogen-bond acceptors (Lipinski definition) is 2. The summed E-state index contributed by atoms with van der Waals surface area (Å²) in [5.74, 6) is 0.837. The molecule has 3 aromatic carbocycles. The maximum atomic E-state index is 6.56. The normalized spacial score (nSPS) is 20.2. The van der Waals surface area contributed by atoms with E-state index in [1.807, 2.05) is 30.3 Å². The lowest BCUT2D eigenvalue weighted by atomic mass is 9.89. The molecule has 0 saturated heterocycles. The Morgan fingerprint density at radius 1 is 0.880 bits per heavy atom. The van der Waals surface area contributed by atoms with Gasteiger partial charge in [0.2, 0.25) is 0 Å². The van der Waals surface area contributed by atoms with Gasteiger partial charge in [-0.1, -0.05) is 85.3 Å². The van der Waals surface area contributed by atoms with E-state index in [0.29, 0.717) is 11.0 Å². The maximum Gasteiger partial charge on any atom is 0.156 e. The first-order valence-electron chi connectivity index (χ1n) is 8.62. The third-order valence-corrected chi connectivity index (χ3v) is 5.11. The minimum absolute atomic E-state index is 0.00480. The molecule has 0 N–H and O–H groups in total. The number of nitrogens with zero attached hydrogens (tertiary/aromatic N) is 2. The van der Waals surface area contributed by atoms with Crippen molar-refractivity contribution in [2.24, 2.45) is 15.9 Å². The molecule has 25 heavy (non-hydrogen) atoms. The molecule has 0 amide bonds. The molecule has 3 aromatic rings. The highest BCUT2D eigenvalue weighted by Gasteiger charge is 2.30. The van der Waals surface area contributed by atoms with Crippen LogP contribution in [0.5, 0.6) is 0 Å². The first-order chi connectivity index (χ1) is 12.3. The van der Waals surface area contributed by atoms with Gasteiger partial charge in [-0.2, -0.15) is 0 Å². The highest BCUT2D eigenvalue weighted by atomic mass is 35.5. The minimum Gasteiger partial charge on any atom is -0.257 e. The Hall–Kier alpha value is -2.45. The highest BCUT2D eigenvalue weighted by Crippen LogP contribution is 2.36. The first-order valence-corrected chi connectivity index (χ1v) is 9.00. The second kappa shape index (κ2) is 6.81. The van der Waals surface area contributed by atoms with Gasteiger partial charge in [-0.15, -0.1) is 0 Å². The number of rotatable bonds is 3. The van der Waals surface area contributed by atoms with Crippen molar-refractivity contribution in [3.8, 4) is 0 Å². The summed E-state index contributed by atoms with van der Waals surface area (Å²) < 4.78 is 0. The van der Waals surface area contributed by atoms with Gasteiger partial charge in [-0.3, -0.25) is 4.99 Å². The third-order valence-electron chi connectivity index (χ3n) is 4.75. The molecule has 1 aliphatic heterocycles. The number of halogens is 1. The van der Waals surface area contributed by atoms with E-state index >= 15 is 0 Å². The molecule has 2 nitrogen and oxygen atoms in total. The predicted octanol–water partition coefficient (Wildman–Crippen LogP) is 6.00. The fourth-order valence-electron chi connectivity index (χ4n) is 3.38. The van der Waals surface area contributed by atoms with Gasteiger partial charge >= 0.3 is 0 Å². The van der Waals surface area contributed by atoms with Gasteiger partial charge in [-0.05, 0) is 28.8 Å². The molecule has 0 fully saturated rings. The van der Waals surface area contributed by atoms with Gasteiger partial charge < -0.3 is 0 Å². The summed E-state index contributed by atoms with van der Waals surface area (Å²) in [5.41, 5.74) is 2.19. The van der Waals surface area contributed by atoms with E-state index in [4.69, 9.17) is 16.6 Å². The number of aliphatic imine (C=N–C) groups is 2. The maximum absolute atomic E-state index is 6.56. The largest absolute Gasteiger partial charge is 0.257 e. The highest BCUT2D eigenvalue weighted by molar-refractivity contribution is 6.67.